The zero-order chi connectivity index (χ0) is 13.8. The highest BCUT2D eigenvalue weighted by Gasteiger charge is 2.04. The number of nitriles is 1. The van der Waals surface area contributed by atoms with E-state index < -0.39 is 0 Å². The van der Waals surface area contributed by atoms with Gasteiger partial charge in [-0.05, 0) is 48.4 Å². The molecule has 0 fully saturated rings. The molecule has 2 aromatic rings. The molecule has 0 aromatic heterocycles. The Balaban J connectivity index is 2.19. The van der Waals surface area contributed by atoms with Crippen molar-refractivity contribution in [2.45, 2.75) is 13.5 Å². The average Bonchev–Trinajstić information content (AvgIpc) is 2.38. The number of nitrogens with one attached hydrogen (secondary N) is 1. The Morgan fingerprint density at radius 2 is 2.05 bits per heavy atom. The lowest BCUT2D eigenvalue weighted by molar-refractivity contribution is 0.625. The maximum Gasteiger partial charge on any atom is 0.123 e. The summed E-state index contributed by atoms with van der Waals surface area (Å²) >= 11 is 5.91. The minimum Gasteiger partial charge on any atom is -0.380 e. The third-order valence-electron chi connectivity index (χ3n) is 2.88. The molecule has 2 aromatic carbocycles. The summed E-state index contributed by atoms with van der Waals surface area (Å²) in [5.41, 5.74) is 3.06. The quantitative estimate of drug-likeness (QED) is 0.907. The molecule has 0 saturated heterocycles. The van der Waals surface area contributed by atoms with Gasteiger partial charge in [0, 0.05) is 11.6 Å². The van der Waals surface area contributed by atoms with Crippen LogP contribution in [0.3, 0.4) is 0 Å². The van der Waals surface area contributed by atoms with E-state index in [2.05, 4.69) is 11.4 Å². The SMILES string of the molecule is Cc1cc(F)ccc1CNc1cc(Cl)ccc1C#N. The number of benzene rings is 2. The summed E-state index contributed by atoms with van der Waals surface area (Å²) in [6.07, 6.45) is 0. The highest BCUT2D eigenvalue weighted by atomic mass is 35.5. The van der Waals surface area contributed by atoms with Crippen LogP contribution in [0.25, 0.3) is 0 Å². The number of halogens is 2. The van der Waals surface area contributed by atoms with Crippen LogP contribution in [0.4, 0.5) is 10.1 Å². The molecule has 0 aliphatic rings. The summed E-state index contributed by atoms with van der Waals surface area (Å²) in [5.74, 6) is -0.248. The van der Waals surface area contributed by atoms with Crippen molar-refractivity contribution < 1.29 is 4.39 Å². The Morgan fingerprint density at radius 3 is 2.74 bits per heavy atom. The van der Waals surface area contributed by atoms with Crippen LogP contribution in [0.15, 0.2) is 36.4 Å². The standard InChI is InChI=1S/C15H12ClFN2/c1-10-6-14(17)5-3-12(10)9-19-15-7-13(16)4-2-11(15)8-18/h2-7,19H,9H2,1H3. The van der Waals surface area contributed by atoms with Gasteiger partial charge >= 0.3 is 0 Å². The van der Waals surface area contributed by atoms with Gasteiger partial charge < -0.3 is 5.32 Å². The van der Waals surface area contributed by atoms with Gasteiger partial charge in [0.25, 0.3) is 0 Å². The fourth-order valence-corrected chi connectivity index (χ4v) is 1.98. The summed E-state index contributed by atoms with van der Waals surface area (Å²) in [4.78, 5) is 0. The second kappa shape index (κ2) is 5.73. The fourth-order valence-electron chi connectivity index (χ4n) is 1.81. The monoisotopic (exact) mass is 274 g/mol. The van der Waals surface area contributed by atoms with Gasteiger partial charge in [-0.3, -0.25) is 0 Å². The lowest BCUT2D eigenvalue weighted by atomic mass is 10.1. The van der Waals surface area contributed by atoms with Gasteiger partial charge in [-0.2, -0.15) is 5.26 Å². The van der Waals surface area contributed by atoms with Crippen molar-refractivity contribution in [3.8, 4) is 6.07 Å². The zero-order valence-electron chi connectivity index (χ0n) is 10.4. The molecular formula is C15H12ClFN2. The smallest absolute Gasteiger partial charge is 0.123 e. The van der Waals surface area contributed by atoms with E-state index in [1.54, 1.807) is 24.3 Å². The molecule has 0 amide bonds. The normalized spacial score (nSPS) is 10.0. The van der Waals surface area contributed by atoms with Crippen LogP contribution in [-0.4, -0.2) is 0 Å². The van der Waals surface area contributed by atoms with Crippen molar-refractivity contribution in [2.24, 2.45) is 0 Å². The molecule has 0 heterocycles. The van der Waals surface area contributed by atoms with Crippen LogP contribution in [-0.2, 0) is 6.54 Å². The van der Waals surface area contributed by atoms with E-state index in [1.165, 1.54) is 12.1 Å². The number of hydrogen-bond acceptors (Lipinski definition) is 2. The maximum atomic E-state index is 13.0. The second-order valence-corrected chi connectivity index (χ2v) is 4.66. The molecule has 96 valence electrons. The van der Waals surface area contributed by atoms with Gasteiger partial charge in [0.15, 0.2) is 0 Å². The molecule has 0 spiro atoms. The van der Waals surface area contributed by atoms with E-state index in [0.29, 0.717) is 22.8 Å². The first-order chi connectivity index (χ1) is 9.10. The molecule has 19 heavy (non-hydrogen) atoms. The molecular weight excluding hydrogens is 263 g/mol. The first-order valence-corrected chi connectivity index (χ1v) is 6.16. The molecule has 0 radical (unpaired) electrons. The van der Waals surface area contributed by atoms with Crippen LogP contribution in [0, 0.1) is 24.1 Å². The fraction of sp³-hybridized carbons (Fsp3) is 0.133. The minimum atomic E-state index is -0.248. The Bertz CT molecular complexity index is 647. The second-order valence-electron chi connectivity index (χ2n) is 4.23. The minimum absolute atomic E-state index is 0.248. The molecule has 0 unspecified atom stereocenters. The molecule has 0 saturated carbocycles. The van der Waals surface area contributed by atoms with Gasteiger partial charge in [0.05, 0.1) is 11.3 Å². The van der Waals surface area contributed by atoms with Crippen molar-refractivity contribution >= 4 is 17.3 Å². The number of anilines is 1. The van der Waals surface area contributed by atoms with E-state index in [9.17, 15) is 4.39 Å². The third kappa shape index (κ3) is 3.24. The predicted octanol–water partition coefficient (Wildman–Crippen LogP) is 4.27. The molecule has 0 atom stereocenters. The van der Waals surface area contributed by atoms with E-state index in [1.807, 2.05) is 6.92 Å². The number of hydrogen-bond donors (Lipinski definition) is 1. The van der Waals surface area contributed by atoms with Crippen LogP contribution in [0.2, 0.25) is 5.02 Å². The lowest BCUT2D eigenvalue weighted by Gasteiger charge is -2.10. The van der Waals surface area contributed by atoms with E-state index >= 15 is 0 Å². The van der Waals surface area contributed by atoms with Crippen LogP contribution < -0.4 is 5.32 Å². The van der Waals surface area contributed by atoms with Crippen molar-refractivity contribution in [1.82, 2.24) is 0 Å². The first kappa shape index (κ1) is 13.4. The highest BCUT2D eigenvalue weighted by Crippen LogP contribution is 2.21. The zero-order valence-corrected chi connectivity index (χ0v) is 11.1. The number of rotatable bonds is 3. The van der Waals surface area contributed by atoms with Gasteiger partial charge in [0.2, 0.25) is 0 Å². The van der Waals surface area contributed by atoms with Crippen molar-refractivity contribution in [3.05, 3.63) is 63.9 Å². The average molecular weight is 275 g/mol. The summed E-state index contributed by atoms with van der Waals surface area (Å²) in [7, 11) is 0. The molecule has 0 bridgehead atoms. The van der Waals surface area contributed by atoms with Gasteiger partial charge in [0.1, 0.15) is 11.9 Å². The summed E-state index contributed by atoms with van der Waals surface area (Å²) in [5, 5.41) is 12.7. The Kier molecular flexibility index (Phi) is 4.03. The summed E-state index contributed by atoms with van der Waals surface area (Å²) in [6.45, 7) is 2.37. The first-order valence-electron chi connectivity index (χ1n) is 5.78. The van der Waals surface area contributed by atoms with Crippen LogP contribution in [0.1, 0.15) is 16.7 Å². The van der Waals surface area contributed by atoms with Gasteiger partial charge in [-0.1, -0.05) is 17.7 Å². The summed E-state index contributed by atoms with van der Waals surface area (Å²) < 4.78 is 13.0. The van der Waals surface area contributed by atoms with Crippen molar-refractivity contribution in [1.29, 1.82) is 5.26 Å². The molecule has 4 heteroatoms. The maximum absolute atomic E-state index is 13.0. The molecule has 0 aliphatic heterocycles. The van der Waals surface area contributed by atoms with E-state index in [0.717, 1.165) is 11.1 Å². The van der Waals surface area contributed by atoms with Gasteiger partial charge in [-0.15, -0.1) is 0 Å². The lowest BCUT2D eigenvalue weighted by Crippen LogP contribution is -2.03. The molecule has 2 nitrogen and oxygen atoms in total. The van der Waals surface area contributed by atoms with Gasteiger partial charge in [-0.25, -0.2) is 4.39 Å². The Labute approximate surface area is 116 Å². The number of aryl methyl sites for hydroxylation is 1. The number of nitrogens with zero attached hydrogens (tertiary/aromatic N) is 1. The van der Waals surface area contributed by atoms with Crippen LogP contribution in [0.5, 0.6) is 0 Å². The third-order valence-corrected chi connectivity index (χ3v) is 3.11. The predicted molar refractivity (Wildman–Crippen MR) is 74.6 cm³/mol. The van der Waals surface area contributed by atoms with E-state index in [-0.39, 0.29) is 5.82 Å². The largest absolute Gasteiger partial charge is 0.380 e. The summed E-state index contributed by atoms with van der Waals surface area (Å²) in [6, 6.07) is 11.8. The van der Waals surface area contributed by atoms with Crippen LogP contribution >= 0.6 is 11.6 Å². The molecule has 1 N–H and O–H groups in total. The molecule has 2 rings (SSSR count). The Morgan fingerprint density at radius 1 is 1.26 bits per heavy atom. The van der Waals surface area contributed by atoms with Crippen molar-refractivity contribution in [2.75, 3.05) is 5.32 Å². The molecule has 0 aliphatic carbocycles. The Hall–Kier alpha value is -2.05. The van der Waals surface area contributed by atoms with Crippen molar-refractivity contribution in [3.63, 3.8) is 0 Å². The topological polar surface area (TPSA) is 35.8 Å². The highest BCUT2D eigenvalue weighted by molar-refractivity contribution is 6.30. The van der Waals surface area contributed by atoms with E-state index in [4.69, 9.17) is 16.9 Å².